The van der Waals surface area contributed by atoms with Crippen LogP contribution >= 0.6 is 12.4 Å². The predicted molar refractivity (Wildman–Crippen MR) is 116 cm³/mol. The van der Waals surface area contributed by atoms with Crippen LogP contribution in [-0.2, 0) is 21.1 Å². The summed E-state index contributed by atoms with van der Waals surface area (Å²) in [5, 5.41) is 6.09. The standard InChI is InChI=1S/C21H28N2O3S.ClH/c1-4-16-10-12-17(13-11-16)21(23-20(24)9-6-14-22-2)18-7-5-8-19(15-18)27(3,25)26;/h5,7-8,10-13,15,21-22H,4,6,9,14H2,1-3H3,(H,23,24);1H. The number of benzene rings is 2. The zero-order chi connectivity index (χ0) is 19.9. The van der Waals surface area contributed by atoms with Crippen LogP contribution in [-0.4, -0.2) is 34.2 Å². The van der Waals surface area contributed by atoms with Crippen LogP contribution in [0.25, 0.3) is 0 Å². The lowest BCUT2D eigenvalue weighted by atomic mass is 9.97. The number of hydrogen-bond acceptors (Lipinski definition) is 4. The second-order valence-electron chi connectivity index (χ2n) is 6.65. The number of sulfone groups is 1. The number of amides is 1. The van der Waals surface area contributed by atoms with Crippen LogP contribution in [0, 0.1) is 0 Å². The molecule has 2 N–H and O–H groups in total. The first-order valence-corrected chi connectivity index (χ1v) is 11.1. The third kappa shape index (κ3) is 6.93. The maximum atomic E-state index is 12.4. The summed E-state index contributed by atoms with van der Waals surface area (Å²) in [6.07, 6.45) is 3.28. The fraction of sp³-hybridized carbons (Fsp3) is 0.381. The van der Waals surface area contributed by atoms with Crippen molar-refractivity contribution in [2.24, 2.45) is 0 Å². The molecule has 1 unspecified atom stereocenters. The number of hydrogen-bond donors (Lipinski definition) is 2. The fourth-order valence-corrected chi connectivity index (χ4v) is 3.56. The summed E-state index contributed by atoms with van der Waals surface area (Å²) < 4.78 is 23.9. The molecule has 7 heteroatoms. The quantitative estimate of drug-likeness (QED) is 0.606. The van der Waals surface area contributed by atoms with Crippen molar-refractivity contribution in [3.8, 4) is 0 Å². The summed E-state index contributed by atoms with van der Waals surface area (Å²) in [7, 11) is -1.46. The first-order chi connectivity index (χ1) is 12.8. The highest BCUT2D eigenvalue weighted by atomic mass is 35.5. The highest BCUT2D eigenvalue weighted by Crippen LogP contribution is 2.25. The van der Waals surface area contributed by atoms with Gasteiger partial charge in [-0.25, -0.2) is 8.42 Å². The fourth-order valence-electron chi connectivity index (χ4n) is 2.89. The zero-order valence-corrected chi connectivity index (χ0v) is 18.2. The Morgan fingerprint density at radius 1 is 1.07 bits per heavy atom. The molecule has 28 heavy (non-hydrogen) atoms. The van der Waals surface area contributed by atoms with Gasteiger partial charge >= 0.3 is 0 Å². The highest BCUT2D eigenvalue weighted by Gasteiger charge is 2.19. The minimum absolute atomic E-state index is 0. The van der Waals surface area contributed by atoms with Gasteiger partial charge in [0.15, 0.2) is 9.84 Å². The van der Waals surface area contributed by atoms with Gasteiger partial charge in [0.05, 0.1) is 10.9 Å². The molecule has 0 aromatic heterocycles. The van der Waals surface area contributed by atoms with Gasteiger partial charge in [0.25, 0.3) is 0 Å². The third-order valence-electron chi connectivity index (χ3n) is 4.48. The van der Waals surface area contributed by atoms with Crippen molar-refractivity contribution in [3.63, 3.8) is 0 Å². The van der Waals surface area contributed by atoms with Crippen molar-refractivity contribution in [2.75, 3.05) is 19.8 Å². The molecule has 0 aliphatic carbocycles. The van der Waals surface area contributed by atoms with Crippen LogP contribution in [0.3, 0.4) is 0 Å². The Hall–Kier alpha value is -1.89. The number of aryl methyl sites for hydroxylation is 1. The van der Waals surface area contributed by atoms with E-state index in [9.17, 15) is 13.2 Å². The van der Waals surface area contributed by atoms with Gasteiger partial charge in [0, 0.05) is 12.7 Å². The Morgan fingerprint density at radius 2 is 1.75 bits per heavy atom. The summed E-state index contributed by atoms with van der Waals surface area (Å²) in [5.41, 5.74) is 2.90. The third-order valence-corrected chi connectivity index (χ3v) is 5.59. The lowest BCUT2D eigenvalue weighted by Gasteiger charge is -2.21. The molecule has 0 radical (unpaired) electrons. The Morgan fingerprint density at radius 3 is 2.32 bits per heavy atom. The minimum Gasteiger partial charge on any atom is -0.345 e. The number of carbonyl (C=O) groups excluding carboxylic acids is 1. The van der Waals surface area contributed by atoms with Crippen LogP contribution in [0.1, 0.15) is 42.5 Å². The summed E-state index contributed by atoms with van der Waals surface area (Å²) in [5.74, 6) is -0.0559. The predicted octanol–water partition coefficient (Wildman–Crippen LogP) is 3.28. The van der Waals surface area contributed by atoms with Crippen LogP contribution in [0.15, 0.2) is 53.4 Å². The molecule has 0 bridgehead atoms. The minimum atomic E-state index is -3.32. The van der Waals surface area contributed by atoms with Gasteiger partial charge in [-0.3, -0.25) is 4.79 Å². The van der Waals surface area contributed by atoms with E-state index < -0.39 is 9.84 Å². The molecule has 2 rings (SSSR count). The van der Waals surface area contributed by atoms with Crippen LogP contribution in [0.5, 0.6) is 0 Å². The van der Waals surface area contributed by atoms with E-state index in [0.29, 0.717) is 6.42 Å². The normalized spacial score (nSPS) is 12.1. The average molecular weight is 425 g/mol. The molecule has 2 aromatic carbocycles. The van der Waals surface area contributed by atoms with Gasteiger partial charge in [-0.1, -0.05) is 43.3 Å². The molecule has 5 nitrogen and oxygen atoms in total. The molecule has 0 spiro atoms. The van der Waals surface area contributed by atoms with Gasteiger partial charge < -0.3 is 10.6 Å². The van der Waals surface area contributed by atoms with E-state index in [4.69, 9.17) is 0 Å². The van der Waals surface area contributed by atoms with Crippen LogP contribution in [0.2, 0.25) is 0 Å². The molecule has 1 atom stereocenters. The number of rotatable bonds is 9. The molecule has 0 aliphatic rings. The summed E-state index contributed by atoms with van der Waals surface area (Å²) >= 11 is 0. The Labute approximate surface area is 174 Å². The molecule has 0 fully saturated rings. The molecular formula is C21H29ClN2O3S. The van der Waals surface area contributed by atoms with Crippen molar-refractivity contribution in [3.05, 3.63) is 65.2 Å². The molecule has 0 saturated carbocycles. The van der Waals surface area contributed by atoms with Crippen molar-refractivity contribution in [1.82, 2.24) is 10.6 Å². The van der Waals surface area contributed by atoms with Crippen molar-refractivity contribution >= 4 is 28.2 Å². The van der Waals surface area contributed by atoms with Crippen molar-refractivity contribution in [2.45, 2.75) is 37.1 Å². The molecule has 0 heterocycles. The van der Waals surface area contributed by atoms with Gasteiger partial charge in [0.1, 0.15) is 0 Å². The molecule has 2 aromatic rings. The zero-order valence-electron chi connectivity index (χ0n) is 16.6. The molecule has 0 saturated heterocycles. The summed E-state index contributed by atoms with van der Waals surface area (Å²) in [6.45, 7) is 2.86. The van der Waals surface area contributed by atoms with E-state index in [-0.39, 0.29) is 29.3 Å². The van der Waals surface area contributed by atoms with Crippen molar-refractivity contribution < 1.29 is 13.2 Å². The second-order valence-corrected chi connectivity index (χ2v) is 8.66. The lowest BCUT2D eigenvalue weighted by Crippen LogP contribution is -2.29. The topological polar surface area (TPSA) is 75.3 Å². The van der Waals surface area contributed by atoms with Gasteiger partial charge in [-0.15, -0.1) is 12.4 Å². The number of halogens is 1. The highest BCUT2D eigenvalue weighted by molar-refractivity contribution is 7.90. The monoisotopic (exact) mass is 424 g/mol. The SMILES string of the molecule is CCc1ccc(C(NC(=O)CCCNC)c2cccc(S(C)(=O)=O)c2)cc1.Cl. The molecular weight excluding hydrogens is 396 g/mol. The summed E-state index contributed by atoms with van der Waals surface area (Å²) in [4.78, 5) is 12.7. The van der Waals surface area contributed by atoms with E-state index >= 15 is 0 Å². The first kappa shape index (κ1) is 24.1. The van der Waals surface area contributed by atoms with Crippen LogP contribution < -0.4 is 10.6 Å². The van der Waals surface area contributed by atoms with E-state index in [1.807, 2.05) is 37.4 Å². The number of carbonyl (C=O) groups is 1. The van der Waals surface area contributed by atoms with Gasteiger partial charge in [0.2, 0.25) is 5.91 Å². The Kier molecular flexibility index (Phi) is 9.65. The van der Waals surface area contributed by atoms with Gasteiger partial charge in [-0.05, 0) is 55.3 Å². The van der Waals surface area contributed by atoms with Gasteiger partial charge in [-0.2, -0.15) is 0 Å². The average Bonchev–Trinajstić information content (AvgIpc) is 2.66. The van der Waals surface area contributed by atoms with Crippen molar-refractivity contribution in [1.29, 1.82) is 0 Å². The van der Waals surface area contributed by atoms with E-state index in [2.05, 4.69) is 17.6 Å². The lowest BCUT2D eigenvalue weighted by molar-refractivity contribution is -0.121. The Balaban J connectivity index is 0.00000392. The maximum Gasteiger partial charge on any atom is 0.220 e. The Bertz CT molecular complexity index is 867. The summed E-state index contributed by atoms with van der Waals surface area (Å²) in [6, 6.07) is 14.4. The number of nitrogens with one attached hydrogen (secondary N) is 2. The molecule has 0 aliphatic heterocycles. The van der Waals surface area contributed by atoms with E-state index in [0.717, 1.165) is 30.5 Å². The maximum absolute atomic E-state index is 12.4. The first-order valence-electron chi connectivity index (χ1n) is 9.18. The van der Waals surface area contributed by atoms with E-state index in [1.54, 1.807) is 18.2 Å². The van der Waals surface area contributed by atoms with Crippen LogP contribution in [0.4, 0.5) is 0 Å². The van der Waals surface area contributed by atoms with E-state index in [1.165, 1.54) is 11.8 Å². The second kappa shape index (κ2) is 11.2. The largest absolute Gasteiger partial charge is 0.345 e. The molecule has 1 amide bonds. The smallest absolute Gasteiger partial charge is 0.220 e. The molecule has 154 valence electrons.